The number of aromatic nitrogens is 4. The van der Waals surface area contributed by atoms with Gasteiger partial charge < -0.3 is 5.32 Å². The third kappa shape index (κ3) is 3.72. The average Bonchev–Trinajstić information content (AvgIpc) is 2.56. The maximum atomic E-state index is 13.4. The molecule has 2 heterocycles. The predicted molar refractivity (Wildman–Crippen MR) is 81.4 cm³/mol. The molecule has 1 saturated carbocycles. The molecular formula is C15H16F3N5O. The third-order valence-electron chi connectivity index (χ3n) is 3.99. The highest BCUT2D eigenvalue weighted by Gasteiger charge is 2.36. The molecular weight excluding hydrogens is 323 g/mol. The van der Waals surface area contributed by atoms with E-state index >= 15 is 0 Å². The molecule has 3 rings (SSSR count). The summed E-state index contributed by atoms with van der Waals surface area (Å²) in [7, 11) is 0. The molecule has 9 heteroatoms. The fraction of sp³-hybridized carbons (Fsp3) is 0.467. The molecule has 0 aliphatic heterocycles. The Hall–Kier alpha value is -2.45. The van der Waals surface area contributed by atoms with Crippen molar-refractivity contribution in [3.63, 3.8) is 0 Å². The summed E-state index contributed by atoms with van der Waals surface area (Å²) in [5.74, 6) is -0.262. The number of nitrogens with zero attached hydrogens (tertiary/aromatic N) is 3. The fourth-order valence-electron chi connectivity index (χ4n) is 2.77. The van der Waals surface area contributed by atoms with Crippen LogP contribution in [0.4, 0.5) is 19.0 Å². The van der Waals surface area contributed by atoms with Gasteiger partial charge in [0.2, 0.25) is 0 Å². The molecule has 0 spiro atoms. The Balaban J connectivity index is 1.94. The van der Waals surface area contributed by atoms with Crippen LogP contribution in [0.25, 0.3) is 11.4 Å². The topological polar surface area (TPSA) is 83.6 Å². The average molecular weight is 339 g/mol. The maximum absolute atomic E-state index is 13.4. The lowest BCUT2D eigenvalue weighted by atomic mass is 9.95. The zero-order valence-corrected chi connectivity index (χ0v) is 12.7. The number of nitrogens with one attached hydrogen (secondary N) is 2. The van der Waals surface area contributed by atoms with Crippen LogP contribution in [0.1, 0.15) is 37.7 Å². The smallest absolute Gasteiger partial charge is 0.365 e. The summed E-state index contributed by atoms with van der Waals surface area (Å²) in [6, 6.07) is 3.35. The first-order valence-electron chi connectivity index (χ1n) is 7.71. The molecule has 2 aromatic heterocycles. The molecule has 0 unspecified atom stereocenters. The third-order valence-corrected chi connectivity index (χ3v) is 3.99. The molecule has 0 atom stereocenters. The lowest BCUT2D eigenvalue weighted by Gasteiger charge is -2.24. The van der Waals surface area contributed by atoms with Crippen molar-refractivity contribution in [2.45, 2.75) is 44.3 Å². The number of aromatic amines is 1. The SMILES string of the molecule is O=c1ccc(-c2cc(C(F)(F)F)c(NC3CCCCC3)nn2)n[nH]1. The van der Waals surface area contributed by atoms with Crippen LogP contribution >= 0.6 is 0 Å². The Morgan fingerprint density at radius 3 is 2.46 bits per heavy atom. The van der Waals surface area contributed by atoms with E-state index in [0.717, 1.165) is 38.2 Å². The number of halogens is 3. The van der Waals surface area contributed by atoms with Gasteiger partial charge in [0, 0.05) is 12.1 Å². The molecule has 2 N–H and O–H groups in total. The van der Waals surface area contributed by atoms with E-state index in [9.17, 15) is 18.0 Å². The summed E-state index contributed by atoms with van der Waals surface area (Å²) in [6.45, 7) is 0. The number of hydrogen-bond donors (Lipinski definition) is 2. The van der Waals surface area contributed by atoms with Crippen molar-refractivity contribution in [2.24, 2.45) is 0 Å². The van der Waals surface area contributed by atoms with Crippen molar-refractivity contribution >= 4 is 5.82 Å². The van der Waals surface area contributed by atoms with Crippen molar-refractivity contribution in [1.82, 2.24) is 20.4 Å². The second-order valence-electron chi connectivity index (χ2n) is 5.78. The molecule has 2 aromatic rings. The highest BCUT2D eigenvalue weighted by Crippen LogP contribution is 2.36. The van der Waals surface area contributed by atoms with E-state index in [1.807, 2.05) is 0 Å². The normalized spacial score (nSPS) is 16.1. The van der Waals surface area contributed by atoms with Crippen LogP contribution in [0.5, 0.6) is 0 Å². The minimum atomic E-state index is -4.57. The van der Waals surface area contributed by atoms with E-state index in [4.69, 9.17) is 0 Å². The van der Waals surface area contributed by atoms with Crippen LogP contribution in [0.3, 0.4) is 0 Å². The Morgan fingerprint density at radius 2 is 1.83 bits per heavy atom. The molecule has 0 radical (unpaired) electrons. The standard InChI is InChI=1S/C15H16F3N5O/c16-15(17,18)10-8-12(11-6-7-13(24)22-20-11)21-23-14(10)19-9-4-2-1-3-5-9/h6-9H,1-5H2,(H,19,23)(H,22,24). The number of rotatable bonds is 3. The number of H-pyrrole nitrogens is 1. The Kier molecular flexibility index (Phi) is 4.50. The quantitative estimate of drug-likeness (QED) is 0.898. The Bertz CT molecular complexity index is 748. The lowest BCUT2D eigenvalue weighted by molar-refractivity contribution is -0.137. The first-order chi connectivity index (χ1) is 11.4. The minimum Gasteiger partial charge on any atom is -0.365 e. The van der Waals surface area contributed by atoms with Crippen LogP contribution in [-0.4, -0.2) is 26.4 Å². The van der Waals surface area contributed by atoms with Gasteiger partial charge in [-0.05, 0) is 25.0 Å². The first-order valence-corrected chi connectivity index (χ1v) is 7.71. The Labute approximate surface area is 135 Å². The summed E-state index contributed by atoms with van der Waals surface area (Å²) < 4.78 is 40.1. The molecule has 1 aliphatic rings. The van der Waals surface area contributed by atoms with E-state index in [1.165, 1.54) is 12.1 Å². The summed E-state index contributed by atoms with van der Waals surface area (Å²) in [4.78, 5) is 11.0. The lowest BCUT2D eigenvalue weighted by Crippen LogP contribution is -2.25. The highest BCUT2D eigenvalue weighted by atomic mass is 19.4. The van der Waals surface area contributed by atoms with Gasteiger partial charge in [0.15, 0.2) is 5.82 Å². The molecule has 0 amide bonds. The van der Waals surface area contributed by atoms with Crippen molar-refractivity contribution in [2.75, 3.05) is 5.32 Å². The summed E-state index contributed by atoms with van der Waals surface area (Å²) >= 11 is 0. The van der Waals surface area contributed by atoms with E-state index in [2.05, 4.69) is 25.7 Å². The van der Waals surface area contributed by atoms with E-state index in [-0.39, 0.29) is 23.2 Å². The molecule has 6 nitrogen and oxygen atoms in total. The molecule has 1 fully saturated rings. The molecule has 0 saturated heterocycles. The largest absolute Gasteiger partial charge is 0.420 e. The van der Waals surface area contributed by atoms with Gasteiger partial charge in [-0.1, -0.05) is 19.3 Å². The highest BCUT2D eigenvalue weighted by molar-refractivity contribution is 5.58. The second-order valence-corrected chi connectivity index (χ2v) is 5.78. The monoisotopic (exact) mass is 339 g/mol. The van der Waals surface area contributed by atoms with Crippen molar-refractivity contribution < 1.29 is 13.2 Å². The summed E-state index contributed by atoms with van der Waals surface area (Å²) in [5.41, 5.74) is -1.26. The van der Waals surface area contributed by atoms with Crippen LogP contribution in [0, 0.1) is 0 Å². The zero-order chi connectivity index (χ0) is 17.2. The number of alkyl halides is 3. The molecule has 1 aliphatic carbocycles. The van der Waals surface area contributed by atoms with Crippen LogP contribution in [0.15, 0.2) is 23.0 Å². The van der Waals surface area contributed by atoms with Gasteiger partial charge in [0.1, 0.15) is 17.0 Å². The molecule has 24 heavy (non-hydrogen) atoms. The van der Waals surface area contributed by atoms with E-state index in [1.54, 1.807) is 0 Å². The van der Waals surface area contributed by atoms with Gasteiger partial charge in [0.05, 0.1) is 0 Å². The van der Waals surface area contributed by atoms with Crippen molar-refractivity contribution in [3.8, 4) is 11.4 Å². The van der Waals surface area contributed by atoms with E-state index in [0.29, 0.717) is 0 Å². The second kappa shape index (κ2) is 6.58. The predicted octanol–water partition coefficient (Wildman–Crippen LogP) is 2.99. The van der Waals surface area contributed by atoms with Gasteiger partial charge in [-0.15, -0.1) is 10.2 Å². The van der Waals surface area contributed by atoms with Crippen molar-refractivity contribution in [1.29, 1.82) is 0 Å². The van der Waals surface area contributed by atoms with Crippen LogP contribution in [-0.2, 0) is 6.18 Å². The number of anilines is 1. The molecule has 128 valence electrons. The maximum Gasteiger partial charge on any atom is 0.420 e. The molecule has 0 bridgehead atoms. The molecule has 0 aromatic carbocycles. The Morgan fingerprint density at radius 1 is 1.08 bits per heavy atom. The first kappa shape index (κ1) is 16.4. The van der Waals surface area contributed by atoms with Gasteiger partial charge in [-0.25, -0.2) is 5.10 Å². The van der Waals surface area contributed by atoms with E-state index < -0.39 is 17.3 Å². The van der Waals surface area contributed by atoms with Crippen LogP contribution < -0.4 is 10.9 Å². The summed E-state index contributed by atoms with van der Waals surface area (Å²) in [5, 5.41) is 16.3. The van der Waals surface area contributed by atoms with Gasteiger partial charge in [-0.2, -0.15) is 18.3 Å². The van der Waals surface area contributed by atoms with Crippen LogP contribution in [0.2, 0.25) is 0 Å². The number of hydrogen-bond acceptors (Lipinski definition) is 5. The van der Waals surface area contributed by atoms with Gasteiger partial charge >= 0.3 is 6.18 Å². The minimum absolute atomic E-state index is 0.0220. The fourth-order valence-corrected chi connectivity index (χ4v) is 2.77. The van der Waals surface area contributed by atoms with Gasteiger partial charge in [-0.3, -0.25) is 4.79 Å². The van der Waals surface area contributed by atoms with Gasteiger partial charge in [0.25, 0.3) is 5.56 Å². The summed E-state index contributed by atoms with van der Waals surface area (Å²) in [6.07, 6.45) is 0.165. The zero-order valence-electron chi connectivity index (χ0n) is 12.7. The van der Waals surface area contributed by atoms with Crippen molar-refractivity contribution in [3.05, 3.63) is 34.1 Å².